The highest BCUT2D eigenvalue weighted by atomic mass is 32.1. The third-order valence-corrected chi connectivity index (χ3v) is 1.55. The van der Waals surface area contributed by atoms with Crippen LogP contribution in [0, 0.1) is 4.77 Å². The van der Waals surface area contributed by atoms with Crippen LogP contribution in [0.25, 0.3) is 0 Å². The standard InChI is InChI=1S/C6H7F3N4S/c7-6(8,9)2-1-3-11-4(10)13-5(14)12-3/h1-2H2,(H3,10,11,12,13,14). The van der Waals surface area contributed by atoms with E-state index in [4.69, 9.17) is 5.73 Å². The van der Waals surface area contributed by atoms with Crippen molar-refractivity contribution < 1.29 is 13.2 Å². The van der Waals surface area contributed by atoms with E-state index in [0.717, 1.165) is 0 Å². The summed E-state index contributed by atoms with van der Waals surface area (Å²) in [5.74, 6) is 0.0713. The Morgan fingerprint density at radius 3 is 2.50 bits per heavy atom. The molecule has 0 spiro atoms. The summed E-state index contributed by atoms with van der Waals surface area (Å²) < 4.78 is 35.4. The Bertz CT molecular complexity index is 372. The quantitative estimate of drug-likeness (QED) is 0.749. The molecule has 0 aliphatic carbocycles. The number of nitrogen functional groups attached to an aromatic ring is 1. The number of aromatic nitrogens is 3. The van der Waals surface area contributed by atoms with Gasteiger partial charge in [0.1, 0.15) is 5.82 Å². The topological polar surface area (TPSA) is 67.6 Å². The van der Waals surface area contributed by atoms with Gasteiger partial charge in [-0.2, -0.15) is 18.2 Å². The highest BCUT2D eigenvalue weighted by Crippen LogP contribution is 2.20. The number of H-pyrrole nitrogens is 1. The maximum atomic E-state index is 11.8. The number of hydrogen-bond donors (Lipinski definition) is 2. The predicted molar refractivity (Wildman–Crippen MR) is 46.0 cm³/mol. The molecule has 0 saturated heterocycles. The molecule has 0 unspecified atom stereocenters. The highest BCUT2D eigenvalue weighted by Gasteiger charge is 2.26. The molecule has 1 rings (SSSR count). The van der Waals surface area contributed by atoms with Gasteiger partial charge in [0.25, 0.3) is 0 Å². The second-order valence-corrected chi connectivity index (χ2v) is 2.94. The summed E-state index contributed by atoms with van der Waals surface area (Å²) in [5.41, 5.74) is 5.24. The van der Waals surface area contributed by atoms with Crippen LogP contribution in [0.1, 0.15) is 12.2 Å². The number of aromatic amines is 1. The van der Waals surface area contributed by atoms with Gasteiger partial charge in [-0.3, -0.25) is 0 Å². The van der Waals surface area contributed by atoms with E-state index >= 15 is 0 Å². The van der Waals surface area contributed by atoms with Crippen molar-refractivity contribution >= 4 is 18.2 Å². The molecule has 1 aromatic heterocycles. The molecule has 0 aromatic carbocycles. The van der Waals surface area contributed by atoms with E-state index in [1.165, 1.54) is 0 Å². The van der Waals surface area contributed by atoms with Crippen molar-refractivity contribution in [2.24, 2.45) is 0 Å². The zero-order valence-electron chi connectivity index (χ0n) is 6.93. The van der Waals surface area contributed by atoms with Gasteiger partial charge in [-0.1, -0.05) is 0 Å². The van der Waals surface area contributed by atoms with Gasteiger partial charge < -0.3 is 10.7 Å². The lowest BCUT2D eigenvalue weighted by molar-refractivity contribution is -0.134. The third kappa shape index (κ3) is 3.69. The number of aryl methyl sites for hydroxylation is 1. The normalized spacial score (nSPS) is 11.6. The van der Waals surface area contributed by atoms with Crippen molar-refractivity contribution in [3.63, 3.8) is 0 Å². The molecule has 3 N–H and O–H groups in total. The van der Waals surface area contributed by atoms with Gasteiger partial charge >= 0.3 is 6.18 Å². The van der Waals surface area contributed by atoms with Gasteiger partial charge in [0.15, 0.2) is 0 Å². The molecule has 1 aromatic rings. The van der Waals surface area contributed by atoms with Crippen molar-refractivity contribution in [3.05, 3.63) is 10.6 Å². The lowest BCUT2D eigenvalue weighted by atomic mass is 10.3. The van der Waals surface area contributed by atoms with Crippen molar-refractivity contribution in [1.82, 2.24) is 15.0 Å². The van der Waals surface area contributed by atoms with Crippen molar-refractivity contribution in [1.29, 1.82) is 0 Å². The fraction of sp³-hybridized carbons (Fsp3) is 0.500. The number of nitrogens with one attached hydrogen (secondary N) is 1. The summed E-state index contributed by atoms with van der Waals surface area (Å²) >= 11 is 4.59. The smallest absolute Gasteiger partial charge is 0.369 e. The lowest BCUT2D eigenvalue weighted by Gasteiger charge is -2.05. The molecule has 8 heteroatoms. The van der Waals surface area contributed by atoms with Crippen LogP contribution in [-0.4, -0.2) is 21.1 Å². The van der Waals surface area contributed by atoms with Gasteiger partial charge in [-0.05, 0) is 12.2 Å². The number of alkyl halides is 3. The molecule has 14 heavy (non-hydrogen) atoms. The number of nitrogens with zero attached hydrogens (tertiary/aromatic N) is 2. The molecule has 78 valence electrons. The van der Waals surface area contributed by atoms with Crippen LogP contribution in [-0.2, 0) is 6.42 Å². The molecular weight excluding hydrogens is 217 g/mol. The molecule has 0 amide bonds. The number of anilines is 1. The Kier molecular flexibility index (Phi) is 3.04. The van der Waals surface area contributed by atoms with Gasteiger partial charge in [-0.25, -0.2) is 4.98 Å². The fourth-order valence-corrected chi connectivity index (χ4v) is 1.03. The summed E-state index contributed by atoms with van der Waals surface area (Å²) in [7, 11) is 0. The van der Waals surface area contributed by atoms with E-state index in [1.54, 1.807) is 0 Å². The highest BCUT2D eigenvalue weighted by molar-refractivity contribution is 7.71. The third-order valence-electron chi connectivity index (χ3n) is 1.36. The Balaban J connectivity index is 2.73. The zero-order chi connectivity index (χ0) is 10.8. The first kappa shape index (κ1) is 10.9. The van der Waals surface area contributed by atoms with Crippen LogP contribution in [0.4, 0.5) is 19.1 Å². The summed E-state index contributed by atoms with van der Waals surface area (Å²) in [4.78, 5) is 9.54. The number of halogens is 3. The summed E-state index contributed by atoms with van der Waals surface area (Å²) in [6.07, 6.45) is -5.45. The minimum absolute atomic E-state index is 0.0258. The van der Waals surface area contributed by atoms with Crippen molar-refractivity contribution in [2.75, 3.05) is 5.73 Å². The largest absolute Gasteiger partial charge is 0.389 e. The molecular formula is C6H7F3N4S. The molecule has 0 aliphatic heterocycles. The Labute approximate surface area is 82.4 Å². The van der Waals surface area contributed by atoms with Crippen LogP contribution < -0.4 is 5.73 Å². The average Bonchev–Trinajstić information content (AvgIpc) is 1.97. The molecule has 0 aliphatic rings. The van der Waals surface area contributed by atoms with Crippen LogP contribution in [0.2, 0.25) is 0 Å². The van der Waals surface area contributed by atoms with Crippen molar-refractivity contribution in [3.8, 4) is 0 Å². The molecule has 0 atom stereocenters. The fourth-order valence-electron chi connectivity index (χ4n) is 0.826. The second-order valence-electron chi connectivity index (χ2n) is 2.58. The van der Waals surface area contributed by atoms with Gasteiger partial charge in [0.05, 0.1) is 6.42 Å². The maximum absolute atomic E-state index is 11.8. The van der Waals surface area contributed by atoms with E-state index in [0.29, 0.717) is 0 Å². The molecule has 0 fully saturated rings. The van der Waals surface area contributed by atoms with Crippen LogP contribution >= 0.6 is 12.2 Å². The van der Waals surface area contributed by atoms with Gasteiger partial charge in [0.2, 0.25) is 10.7 Å². The lowest BCUT2D eigenvalue weighted by Crippen LogP contribution is -2.11. The summed E-state index contributed by atoms with van der Waals surface area (Å²) in [6, 6.07) is 0. The van der Waals surface area contributed by atoms with Gasteiger partial charge in [0, 0.05) is 6.42 Å². The first-order valence-electron chi connectivity index (χ1n) is 3.66. The number of rotatable bonds is 2. The Hall–Kier alpha value is -1.18. The predicted octanol–water partition coefficient (Wildman–Crippen LogP) is 1.61. The molecule has 0 bridgehead atoms. The van der Waals surface area contributed by atoms with E-state index < -0.39 is 12.6 Å². The first-order valence-corrected chi connectivity index (χ1v) is 4.07. The Morgan fingerprint density at radius 1 is 1.36 bits per heavy atom. The van der Waals surface area contributed by atoms with Crippen molar-refractivity contribution in [2.45, 2.75) is 19.0 Å². The minimum Gasteiger partial charge on any atom is -0.369 e. The summed E-state index contributed by atoms with van der Waals surface area (Å²) in [5, 5.41) is 0. The Morgan fingerprint density at radius 2 is 2.00 bits per heavy atom. The molecule has 4 nitrogen and oxygen atoms in total. The monoisotopic (exact) mass is 224 g/mol. The summed E-state index contributed by atoms with van der Waals surface area (Å²) in [6.45, 7) is 0. The molecule has 0 radical (unpaired) electrons. The maximum Gasteiger partial charge on any atom is 0.389 e. The van der Waals surface area contributed by atoms with Gasteiger partial charge in [-0.15, -0.1) is 0 Å². The minimum atomic E-state index is -4.21. The molecule has 0 saturated carbocycles. The van der Waals surface area contributed by atoms with E-state index in [1.807, 2.05) is 0 Å². The van der Waals surface area contributed by atoms with Crippen LogP contribution in [0.15, 0.2) is 0 Å². The molecule has 1 heterocycles. The van der Waals surface area contributed by atoms with E-state index in [-0.39, 0.29) is 23.0 Å². The van der Waals surface area contributed by atoms with E-state index in [9.17, 15) is 13.2 Å². The second kappa shape index (κ2) is 3.91. The average molecular weight is 224 g/mol. The van der Waals surface area contributed by atoms with E-state index in [2.05, 4.69) is 27.2 Å². The SMILES string of the molecule is Nc1nc(=S)nc(CCC(F)(F)F)[nH]1. The number of nitrogens with two attached hydrogens (primary N) is 1. The zero-order valence-corrected chi connectivity index (χ0v) is 7.74. The van der Waals surface area contributed by atoms with Crippen LogP contribution in [0.3, 0.4) is 0 Å². The van der Waals surface area contributed by atoms with Crippen LogP contribution in [0.5, 0.6) is 0 Å². The number of hydrogen-bond acceptors (Lipinski definition) is 4. The first-order chi connectivity index (χ1) is 6.37.